The topological polar surface area (TPSA) is 38.3 Å². The van der Waals surface area contributed by atoms with Crippen molar-refractivity contribution in [2.45, 2.75) is 18.8 Å². The van der Waals surface area contributed by atoms with E-state index in [4.69, 9.17) is 0 Å². The number of carbonyl (C=O) groups is 1. The van der Waals surface area contributed by atoms with Crippen LogP contribution in [-0.2, 0) is 4.74 Å². The number of alkyl halides is 2. The van der Waals surface area contributed by atoms with Crippen molar-refractivity contribution < 1.29 is 18.3 Å². The van der Waals surface area contributed by atoms with Crippen molar-refractivity contribution in [1.29, 1.82) is 0 Å². The number of amides is 1. The van der Waals surface area contributed by atoms with Crippen molar-refractivity contribution in [1.82, 2.24) is 5.32 Å². The van der Waals surface area contributed by atoms with Crippen molar-refractivity contribution in [3.8, 4) is 0 Å². The molecule has 70 valence electrons. The van der Waals surface area contributed by atoms with Gasteiger partial charge in [-0.05, 0) is 6.42 Å². The molecule has 1 amide bonds. The predicted octanol–water partition coefficient (Wildman–Crippen LogP) is 1.39. The van der Waals surface area contributed by atoms with Gasteiger partial charge in [-0.15, -0.1) is 0 Å². The molecule has 1 unspecified atom stereocenters. The van der Waals surface area contributed by atoms with E-state index in [0.29, 0.717) is 0 Å². The summed E-state index contributed by atoms with van der Waals surface area (Å²) in [6.07, 6.45) is -0.385. The lowest BCUT2D eigenvalue weighted by Crippen LogP contribution is -2.20. The third kappa shape index (κ3) is 2.32. The number of nitrogens with one attached hydrogen (secondary N) is 1. The molecule has 1 rings (SSSR count). The van der Waals surface area contributed by atoms with Crippen LogP contribution in [0.2, 0.25) is 0 Å². The van der Waals surface area contributed by atoms with E-state index in [0.717, 1.165) is 0 Å². The van der Waals surface area contributed by atoms with Crippen LogP contribution in [0, 0.1) is 5.92 Å². The molecule has 3 nitrogen and oxygen atoms in total. The molecule has 0 heterocycles. The third-order valence-electron chi connectivity index (χ3n) is 1.86. The molecular formula is C7H11F2NO2. The zero-order valence-corrected chi connectivity index (χ0v) is 6.77. The molecule has 1 atom stereocenters. The van der Waals surface area contributed by atoms with Gasteiger partial charge in [0.05, 0.1) is 6.61 Å². The van der Waals surface area contributed by atoms with Crippen LogP contribution in [0.15, 0.2) is 0 Å². The van der Waals surface area contributed by atoms with Gasteiger partial charge in [0.2, 0.25) is 0 Å². The third-order valence-corrected chi connectivity index (χ3v) is 1.86. The first-order chi connectivity index (χ1) is 5.56. The van der Waals surface area contributed by atoms with E-state index in [9.17, 15) is 13.6 Å². The highest BCUT2D eigenvalue weighted by atomic mass is 19.3. The SMILES string of the molecule is CNC(=O)OCCC1CC1(F)F. The fourth-order valence-electron chi connectivity index (χ4n) is 0.949. The van der Waals surface area contributed by atoms with E-state index in [1.54, 1.807) is 0 Å². The number of carbonyl (C=O) groups excluding carboxylic acids is 1. The molecule has 1 fully saturated rings. The van der Waals surface area contributed by atoms with E-state index >= 15 is 0 Å². The first-order valence-electron chi connectivity index (χ1n) is 3.78. The van der Waals surface area contributed by atoms with E-state index < -0.39 is 17.9 Å². The lowest BCUT2D eigenvalue weighted by Gasteiger charge is -2.02. The summed E-state index contributed by atoms with van der Waals surface area (Å²) in [7, 11) is 1.42. The minimum Gasteiger partial charge on any atom is -0.450 e. The lowest BCUT2D eigenvalue weighted by atomic mass is 10.3. The summed E-state index contributed by atoms with van der Waals surface area (Å²) in [5, 5.41) is 2.23. The molecule has 0 spiro atoms. The van der Waals surface area contributed by atoms with Gasteiger partial charge in [-0.1, -0.05) is 0 Å². The van der Waals surface area contributed by atoms with E-state index in [-0.39, 0.29) is 19.4 Å². The van der Waals surface area contributed by atoms with E-state index in [2.05, 4.69) is 10.1 Å². The Balaban J connectivity index is 2.01. The van der Waals surface area contributed by atoms with Crippen molar-refractivity contribution in [3.63, 3.8) is 0 Å². The van der Waals surface area contributed by atoms with Gasteiger partial charge in [-0.2, -0.15) is 0 Å². The van der Waals surface area contributed by atoms with Crippen LogP contribution in [0.5, 0.6) is 0 Å². The van der Waals surface area contributed by atoms with Gasteiger partial charge >= 0.3 is 6.09 Å². The number of alkyl carbamates (subject to hydrolysis) is 1. The molecule has 1 aliphatic carbocycles. The summed E-state index contributed by atoms with van der Waals surface area (Å²) in [5.41, 5.74) is 0. The Morgan fingerprint density at radius 2 is 2.33 bits per heavy atom. The highest BCUT2D eigenvalue weighted by Crippen LogP contribution is 2.50. The average Bonchev–Trinajstić information content (AvgIpc) is 2.59. The summed E-state index contributed by atoms with van der Waals surface area (Å²) in [5.74, 6) is -3.09. The molecule has 1 N–H and O–H groups in total. The van der Waals surface area contributed by atoms with Crippen LogP contribution in [0.4, 0.5) is 13.6 Å². The number of halogens is 2. The maximum Gasteiger partial charge on any atom is 0.406 e. The fraction of sp³-hybridized carbons (Fsp3) is 0.857. The van der Waals surface area contributed by atoms with Gasteiger partial charge in [0, 0.05) is 19.4 Å². The highest BCUT2D eigenvalue weighted by molar-refractivity contribution is 5.66. The van der Waals surface area contributed by atoms with Crippen molar-refractivity contribution >= 4 is 6.09 Å². The van der Waals surface area contributed by atoms with Crippen LogP contribution < -0.4 is 5.32 Å². The molecular weight excluding hydrogens is 168 g/mol. The lowest BCUT2D eigenvalue weighted by molar-refractivity contribution is 0.0872. The number of hydrogen-bond donors (Lipinski definition) is 1. The number of ether oxygens (including phenoxy) is 1. The summed E-state index contributed by atoms with van der Waals surface area (Å²) in [6.45, 7) is 0.0694. The molecule has 1 saturated carbocycles. The van der Waals surface area contributed by atoms with Gasteiger partial charge in [-0.3, -0.25) is 0 Å². The van der Waals surface area contributed by atoms with Crippen molar-refractivity contribution in [2.24, 2.45) is 5.92 Å². The van der Waals surface area contributed by atoms with Crippen molar-refractivity contribution in [3.05, 3.63) is 0 Å². The summed E-state index contributed by atoms with van der Waals surface area (Å²) < 4.78 is 29.0. The molecule has 1 aliphatic rings. The monoisotopic (exact) mass is 179 g/mol. The maximum absolute atomic E-state index is 12.2. The maximum atomic E-state index is 12.2. The van der Waals surface area contributed by atoms with Crippen molar-refractivity contribution in [2.75, 3.05) is 13.7 Å². The predicted molar refractivity (Wildman–Crippen MR) is 38.1 cm³/mol. The summed E-state index contributed by atoms with van der Waals surface area (Å²) in [4.78, 5) is 10.5. The number of hydrogen-bond acceptors (Lipinski definition) is 2. The summed E-state index contributed by atoms with van der Waals surface area (Å²) in [6, 6.07) is 0. The van der Waals surface area contributed by atoms with E-state index in [1.807, 2.05) is 0 Å². The van der Waals surface area contributed by atoms with E-state index in [1.165, 1.54) is 7.05 Å². The van der Waals surface area contributed by atoms with Gasteiger partial charge < -0.3 is 10.1 Å². The Bertz CT molecular complexity index is 184. The zero-order valence-electron chi connectivity index (χ0n) is 6.77. The van der Waals surface area contributed by atoms with Gasteiger partial charge in [0.1, 0.15) is 0 Å². The molecule has 0 aromatic heterocycles. The smallest absolute Gasteiger partial charge is 0.406 e. The Kier molecular flexibility index (Phi) is 2.49. The second-order valence-corrected chi connectivity index (χ2v) is 2.84. The Labute approximate surface area is 69.1 Å². The first-order valence-corrected chi connectivity index (χ1v) is 3.78. The molecule has 0 aromatic rings. The second-order valence-electron chi connectivity index (χ2n) is 2.84. The average molecular weight is 179 g/mol. The normalized spacial score (nSPS) is 24.8. The van der Waals surface area contributed by atoms with Crippen LogP contribution in [0.3, 0.4) is 0 Å². The molecule has 5 heteroatoms. The quantitative estimate of drug-likeness (QED) is 0.710. The van der Waals surface area contributed by atoms with Crippen LogP contribution in [-0.4, -0.2) is 25.7 Å². The largest absolute Gasteiger partial charge is 0.450 e. The fourth-order valence-corrected chi connectivity index (χ4v) is 0.949. The molecule has 0 saturated heterocycles. The summed E-state index contributed by atoms with van der Waals surface area (Å²) >= 11 is 0. The minimum absolute atomic E-state index is 0.0654. The molecule has 0 aromatic carbocycles. The molecule has 0 radical (unpaired) electrons. The molecule has 0 aliphatic heterocycles. The van der Waals surface area contributed by atoms with Crippen LogP contribution in [0.1, 0.15) is 12.8 Å². The Hall–Kier alpha value is -0.870. The van der Waals surface area contributed by atoms with Crippen LogP contribution in [0.25, 0.3) is 0 Å². The second kappa shape index (κ2) is 3.25. The molecule has 0 bridgehead atoms. The minimum atomic E-state index is -2.51. The Morgan fingerprint density at radius 1 is 1.75 bits per heavy atom. The van der Waals surface area contributed by atoms with Crippen LogP contribution >= 0.6 is 0 Å². The van der Waals surface area contributed by atoms with Gasteiger partial charge in [-0.25, -0.2) is 13.6 Å². The highest BCUT2D eigenvalue weighted by Gasteiger charge is 2.56. The van der Waals surface area contributed by atoms with Gasteiger partial charge in [0.25, 0.3) is 5.92 Å². The number of rotatable bonds is 3. The zero-order chi connectivity index (χ0) is 9.19. The standard InChI is InChI=1S/C7H11F2NO2/c1-10-6(11)12-3-2-5-4-7(5,8)9/h5H,2-4H2,1H3,(H,10,11). The molecule has 12 heavy (non-hydrogen) atoms. The first kappa shape index (κ1) is 9.22. The Morgan fingerprint density at radius 3 is 2.75 bits per heavy atom. The van der Waals surface area contributed by atoms with Gasteiger partial charge in [0.15, 0.2) is 0 Å².